The molecule has 0 saturated carbocycles. The number of aryl methyl sites for hydroxylation is 1. The highest BCUT2D eigenvalue weighted by atomic mass is 35.5. The third-order valence-electron chi connectivity index (χ3n) is 7.31. The van der Waals surface area contributed by atoms with Crippen LogP contribution in [0.25, 0.3) is 0 Å². The fraction of sp³-hybridized carbons (Fsp3) is 0.355. The van der Waals surface area contributed by atoms with Crippen LogP contribution in [0.3, 0.4) is 0 Å². The minimum Gasteiger partial charge on any atom is -0.497 e. The van der Waals surface area contributed by atoms with Crippen LogP contribution in [0.1, 0.15) is 42.9 Å². The number of nitrogens with one attached hydrogen (secondary N) is 1. The zero-order valence-corrected chi connectivity index (χ0v) is 25.0. The summed E-state index contributed by atoms with van der Waals surface area (Å²) in [6.07, 6.45) is 2.35. The first-order valence-electron chi connectivity index (χ1n) is 13.7. The van der Waals surface area contributed by atoms with Gasteiger partial charge in [0, 0.05) is 37.6 Å². The van der Waals surface area contributed by atoms with E-state index in [4.69, 9.17) is 16.3 Å². The molecule has 8 nitrogen and oxygen atoms in total. The molecule has 0 aromatic heterocycles. The Morgan fingerprint density at radius 2 is 1.51 bits per heavy atom. The van der Waals surface area contributed by atoms with Crippen molar-refractivity contribution >= 4 is 33.4 Å². The molecule has 1 N–H and O–H groups in total. The standard InChI is InChI=1S/C31H36ClN3O5S/c1-23(31(37)33-21-25-5-12-27(32)13-6-25)35(22-26-7-14-28(40-2)15-8-26)30(36)18-11-24-9-16-29(17-10-24)41(38,39)34-19-3-4-20-34/h5-10,12-17,23H,3-4,11,18-22H2,1-2H3,(H,33,37)/t23-/m1/s1. The van der Waals surface area contributed by atoms with Crippen molar-refractivity contribution in [2.75, 3.05) is 20.2 Å². The maximum atomic E-state index is 13.5. The average molecular weight is 598 g/mol. The zero-order chi connectivity index (χ0) is 29.4. The summed E-state index contributed by atoms with van der Waals surface area (Å²) in [4.78, 5) is 28.5. The maximum Gasteiger partial charge on any atom is 0.243 e. The summed E-state index contributed by atoms with van der Waals surface area (Å²) in [6, 6.07) is 20.6. The lowest BCUT2D eigenvalue weighted by Crippen LogP contribution is -2.47. The number of hydrogen-bond donors (Lipinski definition) is 1. The van der Waals surface area contributed by atoms with Crippen molar-refractivity contribution in [3.05, 3.63) is 94.5 Å². The minimum atomic E-state index is -3.49. The van der Waals surface area contributed by atoms with Crippen LogP contribution in [-0.4, -0.2) is 55.7 Å². The predicted molar refractivity (Wildman–Crippen MR) is 159 cm³/mol. The van der Waals surface area contributed by atoms with Crippen molar-refractivity contribution in [3.8, 4) is 5.75 Å². The van der Waals surface area contributed by atoms with Crippen LogP contribution >= 0.6 is 11.6 Å². The molecule has 1 atom stereocenters. The number of hydrogen-bond acceptors (Lipinski definition) is 5. The summed E-state index contributed by atoms with van der Waals surface area (Å²) in [7, 11) is -1.90. The number of halogens is 1. The number of amides is 2. The van der Waals surface area contributed by atoms with Gasteiger partial charge in [-0.2, -0.15) is 4.31 Å². The molecule has 1 saturated heterocycles. The van der Waals surface area contributed by atoms with Gasteiger partial charge in [0.1, 0.15) is 11.8 Å². The van der Waals surface area contributed by atoms with E-state index in [1.165, 1.54) is 4.31 Å². The summed E-state index contributed by atoms with van der Waals surface area (Å²) < 4.78 is 32.4. The van der Waals surface area contributed by atoms with Gasteiger partial charge in [-0.25, -0.2) is 8.42 Å². The van der Waals surface area contributed by atoms with E-state index in [1.54, 1.807) is 55.3 Å². The molecule has 1 heterocycles. The molecule has 41 heavy (non-hydrogen) atoms. The number of methoxy groups -OCH3 is 1. The van der Waals surface area contributed by atoms with Gasteiger partial charge in [-0.15, -0.1) is 0 Å². The molecule has 1 aliphatic rings. The van der Waals surface area contributed by atoms with Crippen LogP contribution in [0.4, 0.5) is 0 Å². The Morgan fingerprint density at radius 1 is 0.927 bits per heavy atom. The summed E-state index contributed by atoms with van der Waals surface area (Å²) in [5.41, 5.74) is 2.62. The van der Waals surface area contributed by atoms with Crippen molar-refractivity contribution in [3.63, 3.8) is 0 Å². The molecule has 2 amide bonds. The first-order valence-corrected chi connectivity index (χ1v) is 15.5. The predicted octanol–water partition coefficient (Wildman–Crippen LogP) is 4.80. The zero-order valence-electron chi connectivity index (χ0n) is 23.4. The second kappa shape index (κ2) is 14.0. The normalized spacial score (nSPS) is 14.4. The lowest BCUT2D eigenvalue weighted by Gasteiger charge is -2.29. The molecule has 4 rings (SSSR count). The molecule has 0 aliphatic carbocycles. The highest BCUT2D eigenvalue weighted by molar-refractivity contribution is 7.89. The fourth-order valence-electron chi connectivity index (χ4n) is 4.75. The summed E-state index contributed by atoms with van der Waals surface area (Å²) in [5.74, 6) is 0.262. The summed E-state index contributed by atoms with van der Waals surface area (Å²) in [6.45, 7) is 3.39. The molecule has 0 spiro atoms. The van der Waals surface area contributed by atoms with Crippen LogP contribution in [-0.2, 0) is 39.1 Å². The fourth-order valence-corrected chi connectivity index (χ4v) is 6.39. The second-order valence-electron chi connectivity index (χ2n) is 10.1. The number of rotatable bonds is 12. The largest absolute Gasteiger partial charge is 0.497 e. The number of nitrogens with zero attached hydrogens (tertiary/aromatic N) is 2. The number of ether oxygens (including phenoxy) is 1. The Hall–Kier alpha value is -3.40. The lowest BCUT2D eigenvalue weighted by molar-refractivity contribution is -0.140. The van der Waals surface area contributed by atoms with Gasteiger partial charge >= 0.3 is 0 Å². The van der Waals surface area contributed by atoms with Gasteiger partial charge in [-0.05, 0) is 79.3 Å². The Morgan fingerprint density at radius 3 is 2.12 bits per heavy atom. The van der Waals surface area contributed by atoms with E-state index in [-0.39, 0.29) is 29.7 Å². The molecule has 3 aromatic carbocycles. The Bertz CT molecular complexity index is 1420. The van der Waals surface area contributed by atoms with Crippen molar-refractivity contribution in [2.24, 2.45) is 0 Å². The third kappa shape index (κ3) is 8.09. The number of sulfonamides is 1. The topological polar surface area (TPSA) is 96.0 Å². The van der Waals surface area contributed by atoms with Crippen LogP contribution < -0.4 is 10.1 Å². The molecule has 0 unspecified atom stereocenters. The lowest BCUT2D eigenvalue weighted by atomic mass is 10.1. The Labute approximate surface area is 247 Å². The molecule has 10 heteroatoms. The molecule has 0 bridgehead atoms. The maximum absolute atomic E-state index is 13.5. The smallest absolute Gasteiger partial charge is 0.243 e. The third-order valence-corrected chi connectivity index (χ3v) is 9.48. The van der Waals surface area contributed by atoms with Gasteiger partial charge in [0.05, 0.1) is 12.0 Å². The highest BCUT2D eigenvalue weighted by Gasteiger charge is 2.28. The molecular weight excluding hydrogens is 562 g/mol. The van der Waals surface area contributed by atoms with E-state index in [1.807, 2.05) is 36.4 Å². The van der Waals surface area contributed by atoms with Crippen LogP contribution in [0, 0.1) is 0 Å². The van der Waals surface area contributed by atoms with Gasteiger partial charge < -0.3 is 15.0 Å². The summed E-state index contributed by atoms with van der Waals surface area (Å²) in [5, 5.41) is 3.54. The number of carbonyl (C=O) groups is 2. The van der Waals surface area contributed by atoms with Crippen molar-refractivity contribution in [2.45, 2.75) is 56.6 Å². The Balaban J connectivity index is 1.43. The molecule has 1 aliphatic heterocycles. The van der Waals surface area contributed by atoms with Crippen LogP contribution in [0.5, 0.6) is 5.75 Å². The first-order chi connectivity index (χ1) is 19.7. The minimum absolute atomic E-state index is 0.170. The van der Waals surface area contributed by atoms with Gasteiger partial charge in [0.15, 0.2) is 0 Å². The van der Waals surface area contributed by atoms with E-state index in [2.05, 4.69) is 5.32 Å². The van der Waals surface area contributed by atoms with E-state index < -0.39 is 16.1 Å². The van der Waals surface area contributed by atoms with Gasteiger partial charge in [0.25, 0.3) is 0 Å². The molecule has 1 fully saturated rings. The molecule has 0 radical (unpaired) electrons. The van der Waals surface area contributed by atoms with E-state index in [0.29, 0.717) is 36.8 Å². The molecular formula is C31H36ClN3O5S. The van der Waals surface area contributed by atoms with Gasteiger partial charge in [0.2, 0.25) is 21.8 Å². The van der Waals surface area contributed by atoms with Crippen molar-refractivity contribution < 1.29 is 22.7 Å². The van der Waals surface area contributed by atoms with Crippen LogP contribution in [0.15, 0.2) is 77.7 Å². The first kappa shape index (κ1) is 30.6. The SMILES string of the molecule is COc1ccc(CN(C(=O)CCc2ccc(S(=O)(=O)N3CCCC3)cc2)[C@H](C)C(=O)NCc2ccc(Cl)cc2)cc1. The van der Waals surface area contributed by atoms with Crippen molar-refractivity contribution in [1.29, 1.82) is 0 Å². The second-order valence-corrected chi connectivity index (χ2v) is 12.5. The monoisotopic (exact) mass is 597 g/mol. The molecule has 218 valence electrons. The summed E-state index contributed by atoms with van der Waals surface area (Å²) >= 11 is 5.96. The molecule has 3 aromatic rings. The van der Waals surface area contributed by atoms with E-state index in [0.717, 1.165) is 29.5 Å². The Kier molecular flexibility index (Phi) is 10.4. The number of benzene rings is 3. The van der Waals surface area contributed by atoms with E-state index in [9.17, 15) is 18.0 Å². The van der Waals surface area contributed by atoms with Gasteiger partial charge in [-0.1, -0.05) is 48.0 Å². The van der Waals surface area contributed by atoms with Crippen LogP contribution in [0.2, 0.25) is 5.02 Å². The van der Waals surface area contributed by atoms with Crippen molar-refractivity contribution in [1.82, 2.24) is 14.5 Å². The average Bonchev–Trinajstić information content (AvgIpc) is 3.55. The highest BCUT2D eigenvalue weighted by Crippen LogP contribution is 2.22. The number of carbonyl (C=O) groups excluding carboxylic acids is 2. The van der Waals surface area contributed by atoms with E-state index >= 15 is 0 Å². The quantitative estimate of drug-likeness (QED) is 0.324. The van der Waals surface area contributed by atoms with Gasteiger partial charge in [-0.3, -0.25) is 9.59 Å².